The van der Waals surface area contributed by atoms with Crippen LogP contribution in [0.25, 0.3) is 0 Å². The molecule has 0 heterocycles. The number of rotatable bonds is 21. The first kappa shape index (κ1) is 29.8. The van der Waals surface area contributed by atoms with E-state index in [0.717, 1.165) is 45.9 Å². The third-order valence-corrected chi connectivity index (χ3v) is 5.72. The van der Waals surface area contributed by atoms with Crippen molar-refractivity contribution in [2.45, 2.75) is 54.9 Å². The lowest BCUT2D eigenvalue weighted by Gasteiger charge is -2.37. The molecule has 0 atom stereocenters. The highest BCUT2D eigenvalue weighted by molar-refractivity contribution is 4.81. The largest absolute Gasteiger partial charge is 0.383 e. The Kier molecular flexibility index (Phi) is 17.2. The van der Waals surface area contributed by atoms with Crippen molar-refractivity contribution in [1.29, 1.82) is 0 Å². The smallest absolute Gasteiger partial charge is 0.0701 e. The van der Waals surface area contributed by atoms with Crippen LogP contribution >= 0.6 is 0 Å². The monoisotopic (exact) mass is 433 g/mol. The normalized spacial score (nSPS) is 13.0. The lowest BCUT2D eigenvalue weighted by Crippen LogP contribution is -2.31. The molecule has 0 bridgehead atoms. The fraction of sp³-hybridized carbons (Fsp3) is 1.00. The summed E-state index contributed by atoms with van der Waals surface area (Å²) in [6.45, 7) is 24.8. The molecular weight excluding hydrogens is 382 g/mol. The van der Waals surface area contributed by atoms with E-state index < -0.39 is 0 Å². The van der Waals surface area contributed by atoms with E-state index in [-0.39, 0.29) is 5.41 Å². The molecule has 6 nitrogen and oxygen atoms in total. The van der Waals surface area contributed by atoms with Gasteiger partial charge in [-0.1, -0.05) is 48.5 Å². The van der Waals surface area contributed by atoms with Crippen LogP contribution in [-0.2, 0) is 23.7 Å². The molecule has 0 N–H and O–H groups in total. The van der Waals surface area contributed by atoms with Crippen molar-refractivity contribution in [3.63, 3.8) is 0 Å². The summed E-state index contributed by atoms with van der Waals surface area (Å²) in [5, 5.41) is 0. The first-order valence-corrected chi connectivity index (χ1v) is 11.7. The van der Waals surface area contributed by atoms with Crippen LogP contribution in [0.2, 0.25) is 0 Å². The molecule has 182 valence electrons. The molecule has 0 aliphatic rings. The van der Waals surface area contributed by atoms with E-state index in [4.69, 9.17) is 23.7 Å². The van der Waals surface area contributed by atoms with Crippen molar-refractivity contribution in [2.24, 2.45) is 16.7 Å². The van der Waals surface area contributed by atoms with Crippen molar-refractivity contribution in [3.05, 3.63) is 0 Å². The first-order chi connectivity index (χ1) is 14.1. The molecule has 0 saturated heterocycles. The zero-order chi connectivity index (χ0) is 22.9. The van der Waals surface area contributed by atoms with E-state index in [2.05, 4.69) is 53.4 Å². The van der Waals surface area contributed by atoms with Gasteiger partial charge in [0.25, 0.3) is 0 Å². The van der Waals surface area contributed by atoms with Crippen LogP contribution in [0.4, 0.5) is 0 Å². The molecule has 0 fully saturated rings. The van der Waals surface area contributed by atoms with Crippen LogP contribution in [0.3, 0.4) is 0 Å². The fourth-order valence-corrected chi connectivity index (χ4v) is 3.34. The van der Waals surface area contributed by atoms with Gasteiger partial charge < -0.3 is 23.7 Å². The standard InChI is InChI=1S/C24H51NO5/c1-9-25(10-12-26-8)11-13-27-14-15-28-16-17-29-18-19-30-21-23(4,5)20-24(6,7)22(2)3/h22H,9-21H2,1-8H3. The van der Waals surface area contributed by atoms with Crippen LogP contribution in [-0.4, -0.2) is 91.1 Å². The molecule has 0 rings (SSSR count). The van der Waals surface area contributed by atoms with E-state index >= 15 is 0 Å². The van der Waals surface area contributed by atoms with Gasteiger partial charge in [0.1, 0.15) is 0 Å². The molecule has 0 aliphatic heterocycles. The number of likely N-dealkylation sites (N-methyl/N-ethyl adjacent to an activating group) is 1. The molecule has 0 aromatic rings. The molecule has 0 radical (unpaired) electrons. The van der Waals surface area contributed by atoms with Gasteiger partial charge in [-0.05, 0) is 29.7 Å². The molecule has 30 heavy (non-hydrogen) atoms. The molecular formula is C24H51NO5. The molecule has 0 aliphatic carbocycles. The maximum absolute atomic E-state index is 5.85. The minimum absolute atomic E-state index is 0.175. The van der Waals surface area contributed by atoms with Crippen LogP contribution in [0.15, 0.2) is 0 Å². The predicted octanol–water partition coefficient (Wildman–Crippen LogP) is 4.12. The Labute approximate surface area is 186 Å². The highest BCUT2D eigenvalue weighted by Gasteiger charge is 2.31. The Bertz CT molecular complexity index is 388. The van der Waals surface area contributed by atoms with Gasteiger partial charge in [-0.15, -0.1) is 0 Å². The summed E-state index contributed by atoms with van der Waals surface area (Å²) < 4.78 is 27.7. The van der Waals surface area contributed by atoms with Gasteiger partial charge in [-0.25, -0.2) is 0 Å². The Hall–Kier alpha value is -0.240. The molecule has 0 unspecified atom stereocenters. The molecule has 0 aromatic carbocycles. The number of ether oxygens (including phenoxy) is 5. The van der Waals surface area contributed by atoms with Crippen LogP contribution in [0.5, 0.6) is 0 Å². The predicted molar refractivity (Wildman–Crippen MR) is 124 cm³/mol. The average Bonchev–Trinajstić information content (AvgIpc) is 2.66. The van der Waals surface area contributed by atoms with E-state index in [0.29, 0.717) is 51.0 Å². The highest BCUT2D eigenvalue weighted by Crippen LogP contribution is 2.39. The summed E-state index contributed by atoms with van der Waals surface area (Å²) in [4.78, 5) is 2.31. The third kappa shape index (κ3) is 16.5. The van der Waals surface area contributed by atoms with Gasteiger partial charge in [0.15, 0.2) is 0 Å². The van der Waals surface area contributed by atoms with E-state index in [1.54, 1.807) is 7.11 Å². The SMILES string of the molecule is CCN(CCOC)CCOCCOCCOCCOCC(C)(C)CC(C)(C)C(C)C. The maximum Gasteiger partial charge on any atom is 0.0701 e. The van der Waals surface area contributed by atoms with Crippen molar-refractivity contribution in [3.8, 4) is 0 Å². The van der Waals surface area contributed by atoms with Crippen LogP contribution in [0.1, 0.15) is 54.9 Å². The second-order valence-electron chi connectivity index (χ2n) is 9.80. The van der Waals surface area contributed by atoms with Gasteiger partial charge in [0, 0.05) is 20.2 Å². The average molecular weight is 434 g/mol. The van der Waals surface area contributed by atoms with Gasteiger partial charge >= 0.3 is 0 Å². The Balaban J connectivity index is 3.50. The number of hydrogen-bond donors (Lipinski definition) is 0. The summed E-state index contributed by atoms with van der Waals surface area (Å²) in [5.74, 6) is 0.664. The lowest BCUT2D eigenvalue weighted by molar-refractivity contribution is -0.0215. The van der Waals surface area contributed by atoms with Crippen LogP contribution < -0.4 is 0 Å². The summed E-state index contributed by atoms with van der Waals surface area (Å²) in [5.41, 5.74) is 0.499. The van der Waals surface area contributed by atoms with Crippen molar-refractivity contribution in [1.82, 2.24) is 4.90 Å². The third-order valence-electron chi connectivity index (χ3n) is 5.72. The quantitative estimate of drug-likeness (QED) is 0.254. The second kappa shape index (κ2) is 17.3. The lowest BCUT2D eigenvalue weighted by atomic mass is 9.70. The first-order valence-electron chi connectivity index (χ1n) is 11.7. The minimum atomic E-state index is 0.175. The van der Waals surface area contributed by atoms with Crippen molar-refractivity contribution in [2.75, 3.05) is 86.2 Å². The van der Waals surface area contributed by atoms with E-state index in [1.807, 2.05) is 0 Å². The Morgan fingerprint density at radius 2 is 1.17 bits per heavy atom. The van der Waals surface area contributed by atoms with Gasteiger partial charge in [0.05, 0.1) is 59.5 Å². The summed E-state index contributed by atoms with van der Waals surface area (Å²) in [6.07, 6.45) is 1.15. The summed E-state index contributed by atoms with van der Waals surface area (Å²) in [6, 6.07) is 0. The van der Waals surface area contributed by atoms with Crippen LogP contribution in [0, 0.1) is 16.7 Å². The summed E-state index contributed by atoms with van der Waals surface area (Å²) >= 11 is 0. The number of nitrogens with zero attached hydrogens (tertiary/aromatic N) is 1. The molecule has 0 saturated carbocycles. The second-order valence-corrected chi connectivity index (χ2v) is 9.80. The van der Waals surface area contributed by atoms with E-state index in [1.165, 1.54) is 0 Å². The topological polar surface area (TPSA) is 49.4 Å². The summed E-state index contributed by atoms with van der Waals surface area (Å²) in [7, 11) is 1.73. The van der Waals surface area contributed by atoms with Crippen molar-refractivity contribution < 1.29 is 23.7 Å². The number of hydrogen-bond acceptors (Lipinski definition) is 6. The van der Waals surface area contributed by atoms with Gasteiger partial charge in [-0.3, -0.25) is 4.90 Å². The van der Waals surface area contributed by atoms with Crippen molar-refractivity contribution >= 4 is 0 Å². The zero-order valence-corrected chi connectivity index (χ0v) is 21.3. The highest BCUT2D eigenvalue weighted by atomic mass is 16.6. The molecule has 6 heteroatoms. The molecule has 0 amide bonds. The minimum Gasteiger partial charge on any atom is -0.383 e. The molecule has 0 aromatic heterocycles. The Morgan fingerprint density at radius 3 is 1.63 bits per heavy atom. The number of methoxy groups -OCH3 is 1. The maximum atomic E-state index is 5.85. The van der Waals surface area contributed by atoms with Gasteiger partial charge in [-0.2, -0.15) is 0 Å². The van der Waals surface area contributed by atoms with E-state index in [9.17, 15) is 0 Å². The van der Waals surface area contributed by atoms with Gasteiger partial charge in [0.2, 0.25) is 0 Å². The fourth-order valence-electron chi connectivity index (χ4n) is 3.34. The zero-order valence-electron chi connectivity index (χ0n) is 21.3. The molecule has 0 spiro atoms. The Morgan fingerprint density at radius 1 is 0.700 bits per heavy atom.